The highest BCUT2D eigenvalue weighted by molar-refractivity contribution is 5.98. The Kier molecular flexibility index (Phi) is 6.98. The SMILES string of the molecule is COC[C@@H](C)n1c(C)cc(C(=O)C[NH+]2CCN(c3cccc(OC)c3)CC2)c1C. The van der Waals surface area contributed by atoms with Crippen LogP contribution in [0.3, 0.4) is 0 Å². The first-order chi connectivity index (χ1) is 13.9. The molecule has 1 aromatic heterocycles. The van der Waals surface area contributed by atoms with Gasteiger partial charge in [0.2, 0.25) is 5.78 Å². The Labute approximate surface area is 174 Å². The summed E-state index contributed by atoms with van der Waals surface area (Å²) in [6.07, 6.45) is 0. The summed E-state index contributed by atoms with van der Waals surface area (Å²) in [5.41, 5.74) is 4.21. The highest BCUT2D eigenvalue weighted by atomic mass is 16.5. The van der Waals surface area contributed by atoms with E-state index in [1.165, 1.54) is 10.6 Å². The van der Waals surface area contributed by atoms with E-state index in [-0.39, 0.29) is 11.8 Å². The van der Waals surface area contributed by atoms with Crippen molar-refractivity contribution in [3.63, 3.8) is 0 Å². The van der Waals surface area contributed by atoms with Crippen LogP contribution >= 0.6 is 0 Å². The molecular weight excluding hydrogens is 366 g/mol. The second kappa shape index (κ2) is 9.46. The first-order valence-electron chi connectivity index (χ1n) is 10.4. The van der Waals surface area contributed by atoms with Gasteiger partial charge in [-0.3, -0.25) is 4.79 Å². The monoisotopic (exact) mass is 400 g/mol. The van der Waals surface area contributed by atoms with Crippen LogP contribution in [-0.4, -0.2) is 63.9 Å². The first kappa shape index (κ1) is 21.4. The van der Waals surface area contributed by atoms with E-state index in [2.05, 4.69) is 35.4 Å². The van der Waals surface area contributed by atoms with E-state index in [9.17, 15) is 4.79 Å². The number of quaternary nitrogens is 1. The highest BCUT2D eigenvalue weighted by Gasteiger charge is 2.25. The minimum absolute atomic E-state index is 0.223. The number of methoxy groups -OCH3 is 2. The van der Waals surface area contributed by atoms with Gasteiger partial charge in [-0.25, -0.2) is 0 Å². The topological polar surface area (TPSA) is 48.1 Å². The molecule has 0 amide bonds. The number of hydrogen-bond acceptors (Lipinski definition) is 4. The summed E-state index contributed by atoms with van der Waals surface area (Å²) in [5.74, 6) is 1.12. The number of nitrogens with one attached hydrogen (secondary N) is 1. The van der Waals surface area contributed by atoms with Gasteiger partial charge in [0.25, 0.3) is 0 Å². The zero-order chi connectivity index (χ0) is 21.0. The normalized spacial score (nSPS) is 16.1. The van der Waals surface area contributed by atoms with Gasteiger partial charge in [0, 0.05) is 35.8 Å². The molecular formula is C23H34N3O3+. The predicted molar refractivity (Wildman–Crippen MR) is 116 cm³/mol. The number of aromatic nitrogens is 1. The molecule has 6 nitrogen and oxygen atoms in total. The van der Waals surface area contributed by atoms with Crippen molar-refractivity contribution in [1.82, 2.24) is 4.57 Å². The van der Waals surface area contributed by atoms with Gasteiger partial charge in [0.1, 0.15) is 12.3 Å². The van der Waals surface area contributed by atoms with Crippen molar-refractivity contribution in [1.29, 1.82) is 0 Å². The van der Waals surface area contributed by atoms with E-state index in [1.54, 1.807) is 14.2 Å². The van der Waals surface area contributed by atoms with Crippen LogP contribution < -0.4 is 14.5 Å². The maximum atomic E-state index is 13.0. The van der Waals surface area contributed by atoms with Crippen molar-refractivity contribution in [3.05, 3.63) is 47.3 Å². The number of ketones is 1. The van der Waals surface area contributed by atoms with Gasteiger partial charge in [-0.05, 0) is 39.0 Å². The van der Waals surface area contributed by atoms with Crippen LogP contribution in [-0.2, 0) is 4.74 Å². The standard InChI is InChI=1S/C23H33N3O3/c1-17-13-22(19(3)26(17)18(2)16-28-4)23(27)15-24-9-11-25(12-10-24)20-7-6-8-21(14-20)29-5/h6-8,13-14,18H,9-12,15-16H2,1-5H3/p+1/t18-/m1/s1. The Bertz CT molecular complexity index is 838. The summed E-state index contributed by atoms with van der Waals surface area (Å²) in [6, 6.07) is 10.4. The third-order valence-corrected chi connectivity index (χ3v) is 5.93. The van der Waals surface area contributed by atoms with Crippen molar-refractivity contribution in [3.8, 4) is 5.75 Å². The predicted octanol–water partition coefficient (Wildman–Crippen LogP) is 1.91. The maximum Gasteiger partial charge on any atom is 0.218 e. The fourth-order valence-corrected chi connectivity index (χ4v) is 4.44. The largest absolute Gasteiger partial charge is 0.497 e. The third-order valence-electron chi connectivity index (χ3n) is 5.93. The number of piperazine rings is 1. The lowest BCUT2D eigenvalue weighted by Gasteiger charge is -2.33. The molecule has 1 aliphatic heterocycles. The zero-order valence-corrected chi connectivity index (χ0v) is 18.3. The first-order valence-corrected chi connectivity index (χ1v) is 10.4. The van der Waals surface area contributed by atoms with Gasteiger partial charge in [0.05, 0.1) is 45.9 Å². The Hall–Kier alpha value is -2.31. The summed E-state index contributed by atoms with van der Waals surface area (Å²) in [4.78, 5) is 16.7. The minimum Gasteiger partial charge on any atom is -0.497 e. The van der Waals surface area contributed by atoms with Gasteiger partial charge < -0.3 is 23.8 Å². The molecule has 158 valence electrons. The quantitative estimate of drug-likeness (QED) is 0.688. The summed E-state index contributed by atoms with van der Waals surface area (Å²) >= 11 is 0. The van der Waals surface area contributed by atoms with Crippen molar-refractivity contribution >= 4 is 11.5 Å². The summed E-state index contributed by atoms with van der Waals surface area (Å²) in [7, 11) is 3.41. The van der Waals surface area contributed by atoms with Gasteiger partial charge in [0.15, 0.2) is 0 Å². The molecule has 1 atom stereocenters. The lowest BCUT2D eigenvalue weighted by Crippen LogP contribution is -3.15. The zero-order valence-electron chi connectivity index (χ0n) is 18.3. The molecule has 1 saturated heterocycles. The summed E-state index contributed by atoms with van der Waals surface area (Å²) in [6.45, 7) is 11.2. The van der Waals surface area contributed by atoms with E-state index < -0.39 is 0 Å². The Morgan fingerprint density at radius 3 is 2.55 bits per heavy atom. The summed E-state index contributed by atoms with van der Waals surface area (Å²) < 4.78 is 12.8. The number of anilines is 1. The fourth-order valence-electron chi connectivity index (χ4n) is 4.44. The Morgan fingerprint density at radius 1 is 1.17 bits per heavy atom. The van der Waals surface area contributed by atoms with E-state index >= 15 is 0 Å². The molecule has 1 aliphatic rings. The number of carbonyl (C=O) groups excluding carboxylic acids is 1. The Balaban J connectivity index is 1.61. The van der Waals surface area contributed by atoms with Gasteiger partial charge >= 0.3 is 0 Å². The molecule has 29 heavy (non-hydrogen) atoms. The van der Waals surface area contributed by atoms with Crippen LogP contribution in [0.15, 0.2) is 30.3 Å². The molecule has 0 unspecified atom stereocenters. The van der Waals surface area contributed by atoms with Crippen LogP contribution in [0, 0.1) is 13.8 Å². The van der Waals surface area contributed by atoms with Crippen LogP contribution in [0.25, 0.3) is 0 Å². The number of benzene rings is 1. The minimum atomic E-state index is 0.223. The average molecular weight is 401 g/mol. The number of aryl methyl sites for hydroxylation is 1. The van der Waals surface area contributed by atoms with Crippen LogP contribution in [0.4, 0.5) is 5.69 Å². The molecule has 0 aliphatic carbocycles. The second-order valence-corrected chi connectivity index (χ2v) is 8.00. The van der Waals surface area contributed by atoms with Crippen LogP contribution in [0.1, 0.15) is 34.7 Å². The number of hydrogen-bond donors (Lipinski definition) is 1. The lowest BCUT2D eigenvalue weighted by molar-refractivity contribution is -0.892. The molecule has 3 rings (SSSR count). The molecule has 0 bridgehead atoms. The van der Waals surface area contributed by atoms with Crippen molar-refractivity contribution in [2.45, 2.75) is 26.8 Å². The molecule has 6 heteroatoms. The van der Waals surface area contributed by atoms with Crippen LogP contribution in [0.2, 0.25) is 0 Å². The summed E-state index contributed by atoms with van der Waals surface area (Å²) in [5, 5.41) is 0. The van der Waals surface area contributed by atoms with Gasteiger partial charge in [-0.15, -0.1) is 0 Å². The molecule has 1 fully saturated rings. The van der Waals surface area contributed by atoms with Crippen molar-refractivity contribution in [2.24, 2.45) is 0 Å². The molecule has 1 N–H and O–H groups in total. The average Bonchev–Trinajstić information content (AvgIpc) is 3.03. The number of rotatable bonds is 8. The van der Waals surface area contributed by atoms with Crippen molar-refractivity contribution < 1.29 is 19.2 Å². The fraction of sp³-hybridized carbons (Fsp3) is 0.522. The molecule has 0 radical (unpaired) electrons. The second-order valence-electron chi connectivity index (χ2n) is 8.00. The third kappa shape index (κ3) is 4.82. The molecule has 1 aromatic carbocycles. The van der Waals surface area contributed by atoms with E-state index in [1.807, 2.05) is 25.1 Å². The molecule has 2 aromatic rings. The molecule has 0 spiro atoms. The highest BCUT2D eigenvalue weighted by Crippen LogP contribution is 2.22. The number of ether oxygens (including phenoxy) is 2. The number of nitrogens with zero attached hydrogens (tertiary/aromatic N) is 2. The van der Waals surface area contributed by atoms with Crippen LogP contribution in [0.5, 0.6) is 5.75 Å². The number of carbonyl (C=O) groups is 1. The molecule has 2 heterocycles. The molecule has 0 saturated carbocycles. The van der Waals surface area contributed by atoms with E-state index in [0.717, 1.165) is 48.9 Å². The lowest BCUT2D eigenvalue weighted by atomic mass is 10.1. The Morgan fingerprint density at radius 2 is 1.90 bits per heavy atom. The van der Waals surface area contributed by atoms with Crippen molar-refractivity contribution in [2.75, 3.05) is 58.5 Å². The maximum absolute atomic E-state index is 13.0. The van der Waals surface area contributed by atoms with E-state index in [0.29, 0.717) is 13.2 Å². The van der Waals surface area contributed by atoms with E-state index in [4.69, 9.17) is 9.47 Å². The van der Waals surface area contributed by atoms with Gasteiger partial charge in [-0.1, -0.05) is 6.07 Å². The van der Waals surface area contributed by atoms with Gasteiger partial charge in [-0.2, -0.15) is 0 Å². The number of Topliss-reactive ketones (excluding diaryl/α,β-unsaturated/α-hetero) is 1. The smallest absolute Gasteiger partial charge is 0.218 e.